The number of para-hydroxylation sites is 1. The number of rotatable bonds is 6. The SMILES string of the molecule is C=C(Cl)COc1c(CN)cccc1OCC. The fourth-order valence-corrected chi connectivity index (χ4v) is 1.36. The maximum absolute atomic E-state index is 5.66. The van der Waals surface area contributed by atoms with Gasteiger partial charge in [0.05, 0.1) is 6.61 Å². The third-order valence-corrected chi connectivity index (χ3v) is 2.06. The Labute approximate surface area is 101 Å². The lowest BCUT2D eigenvalue weighted by Gasteiger charge is -2.14. The van der Waals surface area contributed by atoms with Crippen molar-refractivity contribution in [3.05, 3.63) is 35.4 Å². The minimum absolute atomic E-state index is 0.249. The van der Waals surface area contributed by atoms with Gasteiger partial charge in [-0.2, -0.15) is 0 Å². The highest BCUT2D eigenvalue weighted by molar-refractivity contribution is 6.29. The van der Waals surface area contributed by atoms with E-state index in [0.29, 0.717) is 29.7 Å². The molecule has 1 aromatic rings. The van der Waals surface area contributed by atoms with Crippen LogP contribution < -0.4 is 15.2 Å². The summed E-state index contributed by atoms with van der Waals surface area (Å²) in [7, 11) is 0. The van der Waals surface area contributed by atoms with Gasteiger partial charge in [-0.15, -0.1) is 0 Å². The topological polar surface area (TPSA) is 44.5 Å². The molecule has 0 unspecified atom stereocenters. The molecule has 0 saturated heterocycles. The Morgan fingerprint density at radius 1 is 1.44 bits per heavy atom. The minimum atomic E-state index is 0.249. The van der Waals surface area contributed by atoms with Crippen LogP contribution in [0.5, 0.6) is 11.5 Å². The highest BCUT2D eigenvalue weighted by atomic mass is 35.5. The largest absolute Gasteiger partial charge is 0.490 e. The summed E-state index contributed by atoms with van der Waals surface area (Å²) in [6.07, 6.45) is 0. The molecular weight excluding hydrogens is 226 g/mol. The number of benzene rings is 1. The van der Waals surface area contributed by atoms with Crippen molar-refractivity contribution < 1.29 is 9.47 Å². The van der Waals surface area contributed by atoms with E-state index in [1.807, 2.05) is 25.1 Å². The molecule has 4 heteroatoms. The van der Waals surface area contributed by atoms with Crippen LogP contribution in [0, 0.1) is 0 Å². The number of halogens is 1. The smallest absolute Gasteiger partial charge is 0.166 e. The van der Waals surface area contributed by atoms with Gasteiger partial charge >= 0.3 is 0 Å². The predicted octanol–water partition coefficient (Wildman–Crippen LogP) is 2.68. The van der Waals surface area contributed by atoms with E-state index in [-0.39, 0.29) is 6.61 Å². The second kappa shape index (κ2) is 6.40. The van der Waals surface area contributed by atoms with Crippen molar-refractivity contribution in [2.75, 3.05) is 13.2 Å². The lowest BCUT2D eigenvalue weighted by Crippen LogP contribution is -2.06. The van der Waals surface area contributed by atoms with Gasteiger partial charge in [0, 0.05) is 17.1 Å². The number of hydrogen-bond donors (Lipinski definition) is 1. The average molecular weight is 242 g/mol. The molecule has 0 bridgehead atoms. The Morgan fingerprint density at radius 2 is 2.19 bits per heavy atom. The van der Waals surface area contributed by atoms with Crippen LogP contribution in [0.15, 0.2) is 29.8 Å². The Kier molecular flexibility index (Phi) is 5.15. The first-order valence-corrected chi connectivity index (χ1v) is 5.47. The van der Waals surface area contributed by atoms with Gasteiger partial charge in [-0.1, -0.05) is 30.3 Å². The van der Waals surface area contributed by atoms with Crippen molar-refractivity contribution in [2.45, 2.75) is 13.5 Å². The standard InChI is InChI=1S/C12H16ClNO2/c1-3-15-11-6-4-5-10(7-14)12(11)16-8-9(2)13/h4-6H,2-3,7-8,14H2,1H3. The van der Waals surface area contributed by atoms with Gasteiger partial charge in [0.25, 0.3) is 0 Å². The van der Waals surface area contributed by atoms with E-state index in [9.17, 15) is 0 Å². The Bertz CT molecular complexity index is 366. The summed E-state index contributed by atoms with van der Waals surface area (Å²) < 4.78 is 11.0. The summed E-state index contributed by atoms with van der Waals surface area (Å²) in [5.41, 5.74) is 6.52. The zero-order valence-corrected chi connectivity index (χ0v) is 10.1. The number of hydrogen-bond acceptors (Lipinski definition) is 3. The van der Waals surface area contributed by atoms with Crippen LogP contribution in [-0.4, -0.2) is 13.2 Å². The molecule has 0 heterocycles. The summed E-state index contributed by atoms with van der Waals surface area (Å²) in [6.45, 7) is 6.70. The lowest BCUT2D eigenvalue weighted by atomic mass is 10.2. The fraction of sp³-hybridized carbons (Fsp3) is 0.333. The summed E-state index contributed by atoms with van der Waals surface area (Å²) in [6, 6.07) is 5.62. The molecule has 0 atom stereocenters. The second-order valence-electron chi connectivity index (χ2n) is 3.19. The molecule has 2 N–H and O–H groups in total. The van der Waals surface area contributed by atoms with Crippen molar-refractivity contribution in [1.29, 1.82) is 0 Å². The zero-order chi connectivity index (χ0) is 12.0. The maximum atomic E-state index is 5.66. The summed E-state index contributed by atoms with van der Waals surface area (Å²) >= 11 is 5.66. The molecular formula is C12H16ClNO2. The van der Waals surface area contributed by atoms with Crippen LogP contribution in [0.25, 0.3) is 0 Å². The fourth-order valence-electron chi connectivity index (χ4n) is 1.31. The van der Waals surface area contributed by atoms with Gasteiger partial charge in [0.2, 0.25) is 0 Å². The highest BCUT2D eigenvalue weighted by Crippen LogP contribution is 2.31. The van der Waals surface area contributed by atoms with Crippen LogP contribution in [0.4, 0.5) is 0 Å². The lowest BCUT2D eigenvalue weighted by molar-refractivity contribution is 0.293. The quantitative estimate of drug-likeness (QED) is 0.833. The van der Waals surface area contributed by atoms with Gasteiger partial charge in [-0.25, -0.2) is 0 Å². The molecule has 0 saturated carbocycles. The summed E-state index contributed by atoms with van der Waals surface area (Å²) in [5, 5.41) is 0.439. The minimum Gasteiger partial charge on any atom is -0.490 e. The van der Waals surface area contributed by atoms with E-state index in [1.165, 1.54) is 0 Å². The maximum Gasteiger partial charge on any atom is 0.166 e. The summed E-state index contributed by atoms with van der Waals surface area (Å²) in [5.74, 6) is 1.33. The van der Waals surface area contributed by atoms with Crippen molar-refractivity contribution in [1.82, 2.24) is 0 Å². The predicted molar refractivity (Wildman–Crippen MR) is 66.0 cm³/mol. The van der Waals surface area contributed by atoms with E-state index in [2.05, 4.69) is 6.58 Å². The van der Waals surface area contributed by atoms with Gasteiger partial charge < -0.3 is 15.2 Å². The van der Waals surface area contributed by atoms with Crippen LogP contribution >= 0.6 is 11.6 Å². The molecule has 0 fully saturated rings. The molecule has 88 valence electrons. The van der Waals surface area contributed by atoms with Crippen molar-refractivity contribution >= 4 is 11.6 Å². The van der Waals surface area contributed by atoms with Crippen LogP contribution in [0.2, 0.25) is 0 Å². The third kappa shape index (κ3) is 3.43. The molecule has 0 aliphatic rings. The van der Waals surface area contributed by atoms with E-state index in [1.54, 1.807) is 0 Å². The van der Waals surface area contributed by atoms with Gasteiger partial charge in [-0.05, 0) is 13.0 Å². The Balaban J connectivity index is 2.94. The molecule has 0 amide bonds. The van der Waals surface area contributed by atoms with Crippen LogP contribution in [0.3, 0.4) is 0 Å². The van der Waals surface area contributed by atoms with Crippen molar-refractivity contribution in [3.63, 3.8) is 0 Å². The number of nitrogens with two attached hydrogens (primary N) is 1. The normalized spacial score (nSPS) is 9.94. The monoisotopic (exact) mass is 241 g/mol. The third-order valence-electron chi connectivity index (χ3n) is 1.95. The first kappa shape index (κ1) is 12.9. The van der Waals surface area contributed by atoms with E-state index < -0.39 is 0 Å². The second-order valence-corrected chi connectivity index (χ2v) is 3.72. The van der Waals surface area contributed by atoms with Crippen molar-refractivity contribution in [2.24, 2.45) is 5.73 Å². The van der Waals surface area contributed by atoms with Crippen LogP contribution in [0.1, 0.15) is 12.5 Å². The molecule has 1 rings (SSSR count). The Morgan fingerprint density at radius 3 is 2.75 bits per heavy atom. The van der Waals surface area contributed by atoms with Crippen molar-refractivity contribution in [3.8, 4) is 11.5 Å². The summed E-state index contributed by atoms with van der Waals surface area (Å²) in [4.78, 5) is 0. The van der Waals surface area contributed by atoms with Crippen LogP contribution in [-0.2, 0) is 6.54 Å². The molecule has 16 heavy (non-hydrogen) atoms. The van der Waals surface area contributed by atoms with E-state index >= 15 is 0 Å². The molecule has 0 aliphatic heterocycles. The molecule has 1 aromatic carbocycles. The molecule has 0 spiro atoms. The van der Waals surface area contributed by atoms with Gasteiger partial charge in [0.15, 0.2) is 11.5 Å². The first-order valence-electron chi connectivity index (χ1n) is 5.09. The Hall–Kier alpha value is -1.19. The van der Waals surface area contributed by atoms with Gasteiger partial charge in [-0.3, -0.25) is 0 Å². The molecule has 0 aromatic heterocycles. The zero-order valence-electron chi connectivity index (χ0n) is 9.33. The average Bonchev–Trinajstić information content (AvgIpc) is 2.27. The molecule has 0 aliphatic carbocycles. The van der Waals surface area contributed by atoms with E-state index in [4.69, 9.17) is 26.8 Å². The molecule has 0 radical (unpaired) electrons. The molecule has 3 nitrogen and oxygen atoms in total. The first-order chi connectivity index (χ1) is 7.69. The van der Waals surface area contributed by atoms with Gasteiger partial charge in [0.1, 0.15) is 6.61 Å². The van der Waals surface area contributed by atoms with E-state index in [0.717, 1.165) is 5.56 Å². The highest BCUT2D eigenvalue weighted by Gasteiger charge is 2.09. The number of ether oxygens (including phenoxy) is 2.